The van der Waals surface area contributed by atoms with E-state index in [0.717, 1.165) is 19.3 Å². The molecule has 2 saturated carbocycles. The van der Waals surface area contributed by atoms with Crippen LogP contribution in [0.2, 0.25) is 0 Å². The van der Waals surface area contributed by atoms with Crippen molar-refractivity contribution in [2.45, 2.75) is 103 Å². The third kappa shape index (κ3) is 3.81. The first-order chi connectivity index (χ1) is 13.0. The molecule has 0 saturated heterocycles. The van der Waals surface area contributed by atoms with Gasteiger partial charge in [-0.1, -0.05) is 38.3 Å². The van der Waals surface area contributed by atoms with Gasteiger partial charge in [0.05, 0.1) is 22.9 Å². The maximum absolute atomic E-state index is 10.3. The number of hydrogen-bond acceptors (Lipinski definition) is 2. The van der Waals surface area contributed by atoms with Gasteiger partial charge in [0, 0.05) is 5.39 Å². The fraction of sp³-hybridized carbons (Fsp3) is 0.708. The van der Waals surface area contributed by atoms with E-state index >= 15 is 0 Å². The Morgan fingerprint density at radius 2 is 1.74 bits per heavy atom. The molecule has 0 bridgehead atoms. The molecule has 3 nitrogen and oxygen atoms in total. The standard InChI is InChI=1S/C24H36N2O/c1-4-22-21-15-12-18(17-10-13-19(14-11-17)24(2,3)27)16-23(21)26(25-22)20-8-6-5-7-9-20/h12,15-17,19-20,27H,4-11,13-14H2,1-3H3. The molecule has 2 aliphatic rings. The smallest absolute Gasteiger partial charge is 0.0700 e. The number of aliphatic hydroxyl groups is 1. The predicted octanol–water partition coefficient (Wildman–Crippen LogP) is 6.15. The van der Waals surface area contributed by atoms with Crippen LogP contribution < -0.4 is 0 Å². The van der Waals surface area contributed by atoms with E-state index in [4.69, 9.17) is 5.10 Å². The Balaban J connectivity index is 1.61. The first kappa shape index (κ1) is 19.0. The quantitative estimate of drug-likeness (QED) is 0.703. The molecule has 0 radical (unpaired) electrons. The highest BCUT2D eigenvalue weighted by Crippen LogP contribution is 2.41. The summed E-state index contributed by atoms with van der Waals surface area (Å²) in [4.78, 5) is 0. The van der Waals surface area contributed by atoms with Crippen LogP contribution in [0.3, 0.4) is 0 Å². The third-order valence-electron chi connectivity index (χ3n) is 7.26. The largest absolute Gasteiger partial charge is 0.390 e. The number of rotatable bonds is 4. The predicted molar refractivity (Wildman–Crippen MR) is 112 cm³/mol. The Hall–Kier alpha value is -1.35. The van der Waals surface area contributed by atoms with E-state index in [1.165, 1.54) is 67.1 Å². The lowest BCUT2D eigenvalue weighted by Crippen LogP contribution is -2.33. The van der Waals surface area contributed by atoms with E-state index in [0.29, 0.717) is 17.9 Å². The Morgan fingerprint density at radius 3 is 2.37 bits per heavy atom. The summed E-state index contributed by atoms with van der Waals surface area (Å²) in [5, 5.41) is 16.7. The van der Waals surface area contributed by atoms with E-state index in [1.807, 2.05) is 13.8 Å². The zero-order valence-corrected chi connectivity index (χ0v) is 17.4. The van der Waals surface area contributed by atoms with Crippen LogP contribution in [0.25, 0.3) is 10.9 Å². The van der Waals surface area contributed by atoms with Crippen LogP contribution in [0.15, 0.2) is 18.2 Å². The summed E-state index contributed by atoms with van der Waals surface area (Å²) in [6.07, 6.45) is 12.3. The number of aryl methyl sites for hydroxylation is 1. The zero-order valence-electron chi connectivity index (χ0n) is 17.4. The van der Waals surface area contributed by atoms with E-state index in [9.17, 15) is 5.11 Å². The number of nitrogens with zero attached hydrogens (tertiary/aromatic N) is 2. The van der Waals surface area contributed by atoms with Crippen molar-refractivity contribution < 1.29 is 5.11 Å². The van der Waals surface area contributed by atoms with Crippen LogP contribution >= 0.6 is 0 Å². The van der Waals surface area contributed by atoms with E-state index in [2.05, 4.69) is 29.8 Å². The summed E-state index contributed by atoms with van der Waals surface area (Å²) in [6, 6.07) is 7.72. The molecule has 4 rings (SSSR count). The lowest BCUT2D eigenvalue weighted by Gasteiger charge is -2.36. The van der Waals surface area contributed by atoms with Gasteiger partial charge in [-0.15, -0.1) is 0 Å². The van der Waals surface area contributed by atoms with Gasteiger partial charge < -0.3 is 5.11 Å². The van der Waals surface area contributed by atoms with Crippen molar-refractivity contribution in [1.82, 2.24) is 9.78 Å². The van der Waals surface area contributed by atoms with Crippen molar-refractivity contribution in [2.75, 3.05) is 0 Å². The molecular weight excluding hydrogens is 332 g/mol. The first-order valence-electron chi connectivity index (χ1n) is 11.2. The second kappa shape index (κ2) is 7.58. The van der Waals surface area contributed by atoms with Crippen molar-refractivity contribution in [3.05, 3.63) is 29.5 Å². The summed E-state index contributed by atoms with van der Waals surface area (Å²) < 4.78 is 2.37. The van der Waals surface area contributed by atoms with Gasteiger partial charge in [-0.2, -0.15) is 5.10 Å². The molecule has 0 amide bonds. The monoisotopic (exact) mass is 368 g/mol. The van der Waals surface area contributed by atoms with Gasteiger partial charge in [0.1, 0.15) is 0 Å². The molecular formula is C24H36N2O. The molecule has 3 heteroatoms. The first-order valence-corrected chi connectivity index (χ1v) is 11.2. The van der Waals surface area contributed by atoms with Crippen molar-refractivity contribution in [2.24, 2.45) is 5.92 Å². The number of hydrogen-bond donors (Lipinski definition) is 1. The highest BCUT2D eigenvalue weighted by molar-refractivity contribution is 5.83. The molecule has 0 atom stereocenters. The highest BCUT2D eigenvalue weighted by Gasteiger charge is 2.32. The van der Waals surface area contributed by atoms with Crippen LogP contribution in [-0.4, -0.2) is 20.5 Å². The lowest BCUT2D eigenvalue weighted by molar-refractivity contribution is -0.00155. The van der Waals surface area contributed by atoms with Gasteiger partial charge >= 0.3 is 0 Å². The van der Waals surface area contributed by atoms with Crippen molar-refractivity contribution >= 4 is 10.9 Å². The SMILES string of the molecule is CCc1nn(C2CCCCC2)c2cc(C3CCC(C(C)(C)O)CC3)ccc12. The van der Waals surface area contributed by atoms with Crippen LogP contribution in [0.4, 0.5) is 0 Å². The molecule has 1 N–H and O–H groups in total. The number of benzene rings is 1. The molecule has 1 aromatic heterocycles. The van der Waals surface area contributed by atoms with Crippen LogP contribution in [-0.2, 0) is 6.42 Å². The topological polar surface area (TPSA) is 38.0 Å². The lowest BCUT2D eigenvalue weighted by atomic mass is 9.73. The maximum Gasteiger partial charge on any atom is 0.0700 e. The Labute approximate surface area is 164 Å². The van der Waals surface area contributed by atoms with Crippen molar-refractivity contribution in [3.63, 3.8) is 0 Å². The fourth-order valence-electron chi connectivity index (χ4n) is 5.47. The average Bonchev–Trinajstić information content (AvgIpc) is 3.06. The summed E-state index contributed by atoms with van der Waals surface area (Å²) in [6.45, 7) is 6.16. The van der Waals surface area contributed by atoms with Gasteiger partial charge in [0.2, 0.25) is 0 Å². The molecule has 0 spiro atoms. The number of fused-ring (bicyclic) bond motifs is 1. The zero-order chi connectivity index (χ0) is 19.0. The van der Waals surface area contributed by atoms with E-state index < -0.39 is 5.60 Å². The Kier molecular flexibility index (Phi) is 5.33. The summed E-state index contributed by atoms with van der Waals surface area (Å²) in [5.74, 6) is 1.07. The van der Waals surface area contributed by atoms with E-state index in [-0.39, 0.29) is 0 Å². The normalized spacial score (nSPS) is 25.2. The minimum Gasteiger partial charge on any atom is -0.390 e. The molecule has 1 aromatic carbocycles. The summed E-state index contributed by atoms with van der Waals surface area (Å²) in [7, 11) is 0. The molecule has 2 aromatic rings. The highest BCUT2D eigenvalue weighted by atomic mass is 16.3. The third-order valence-corrected chi connectivity index (χ3v) is 7.26. The maximum atomic E-state index is 10.3. The van der Waals surface area contributed by atoms with Gasteiger partial charge in [-0.3, -0.25) is 4.68 Å². The van der Waals surface area contributed by atoms with Gasteiger partial charge in [0.25, 0.3) is 0 Å². The fourth-order valence-corrected chi connectivity index (χ4v) is 5.47. The number of aromatic nitrogens is 2. The molecule has 148 valence electrons. The van der Waals surface area contributed by atoms with Crippen molar-refractivity contribution in [3.8, 4) is 0 Å². The molecule has 1 heterocycles. The van der Waals surface area contributed by atoms with Crippen LogP contribution in [0.5, 0.6) is 0 Å². The minimum absolute atomic E-state index is 0.442. The molecule has 2 fully saturated rings. The molecule has 2 aliphatic carbocycles. The Bertz CT molecular complexity index is 772. The summed E-state index contributed by atoms with van der Waals surface area (Å²) in [5.41, 5.74) is 3.56. The van der Waals surface area contributed by atoms with Crippen LogP contribution in [0.1, 0.15) is 102 Å². The summed E-state index contributed by atoms with van der Waals surface area (Å²) >= 11 is 0. The van der Waals surface area contributed by atoms with E-state index in [1.54, 1.807) is 0 Å². The van der Waals surface area contributed by atoms with Gasteiger partial charge in [0.15, 0.2) is 0 Å². The second-order valence-electron chi connectivity index (χ2n) is 9.52. The molecule has 0 aliphatic heterocycles. The van der Waals surface area contributed by atoms with Gasteiger partial charge in [-0.25, -0.2) is 0 Å². The van der Waals surface area contributed by atoms with Crippen molar-refractivity contribution in [1.29, 1.82) is 0 Å². The average molecular weight is 369 g/mol. The Morgan fingerprint density at radius 1 is 1.04 bits per heavy atom. The second-order valence-corrected chi connectivity index (χ2v) is 9.52. The van der Waals surface area contributed by atoms with Crippen LogP contribution in [0, 0.1) is 5.92 Å². The molecule has 27 heavy (non-hydrogen) atoms. The minimum atomic E-state index is -0.537. The van der Waals surface area contributed by atoms with Gasteiger partial charge in [-0.05, 0) is 82.3 Å². The molecule has 0 unspecified atom stereocenters.